The first-order valence-electron chi connectivity index (χ1n) is 6.97. The third-order valence-corrected chi connectivity index (χ3v) is 5.11. The Hall–Kier alpha value is -0.370. The third kappa shape index (κ3) is 1.46. The monoisotopic (exact) mass is 221 g/mol. The van der Waals surface area contributed by atoms with E-state index in [9.17, 15) is 4.79 Å². The van der Waals surface area contributed by atoms with Gasteiger partial charge in [-0.1, -0.05) is 13.3 Å². The summed E-state index contributed by atoms with van der Waals surface area (Å²) >= 11 is 0. The van der Waals surface area contributed by atoms with E-state index in [1.807, 2.05) is 0 Å². The first-order chi connectivity index (χ1) is 7.67. The number of Topliss-reactive ketones (excluding diaryl/α,β-unsaturated/α-hetero) is 1. The van der Waals surface area contributed by atoms with Crippen molar-refractivity contribution in [2.45, 2.75) is 63.8 Å². The van der Waals surface area contributed by atoms with Gasteiger partial charge in [0.2, 0.25) is 0 Å². The minimum atomic E-state index is -0.00826. The first-order valence-corrected chi connectivity index (χ1v) is 6.97. The highest BCUT2D eigenvalue weighted by Crippen LogP contribution is 2.53. The van der Waals surface area contributed by atoms with Crippen molar-refractivity contribution in [3.63, 3.8) is 0 Å². The van der Waals surface area contributed by atoms with Crippen molar-refractivity contribution in [3.8, 4) is 0 Å². The predicted octanol–water partition coefficient (Wildman–Crippen LogP) is 2.76. The van der Waals surface area contributed by atoms with Crippen molar-refractivity contribution in [1.82, 2.24) is 4.90 Å². The molecule has 0 unspecified atom stereocenters. The summed E-state index contributed by atoms with van der Waals surface area (Å²) in [4.78, 5) is 15.2. The van der Waals surface area contributed by atoms with Crippen LogP contribution in [0.3, 0.4) is 0 Å². The molecule has 1 saturated heterocycles. The molecule has 16 heavy (non-hydrogen) atoms. The molecule has 1 heterocycles. The smallest absolute Gasteiger partial charge is 0.158 e. The van der Waals surface area contributed by atoms with E-state index in [4.69, 9.17) is 0 Å². The van der Waals surface area contributed by atoms with Gasteiger partial charge in [-0.15, -0.1) is 0 Å². The van der Waals surface area contributed by atoms with E-state index < -0.39 is 0 Å². The molecule has 0 amide bonds. The summed E-state index contributed by atoms with van der Waals surface area (Å²) < 4.78 is 0. The average Bonchev–Trinajstić information content (AvgIpc) is 2.98. The highest BCUT2D eigenvalue weighted by molar-refractivity contribution is 5.96. The van der Waals surface area contributed by atoms with Crippen molar-refractivity contribution >= 4 is 5.78 Å². The maximum Gasteiger partial charge on any atom is 0.158 e. The summed E-state index contributed by atoms with van der Waals surface area (Å²) in [5.41, 5.74) is 0.0591. The Morgan fingerprint density at radius 3 is 2.00 bits per heavy atom. The molecule has 2 saturated carbocycles. The molecule has 0 bridgehead atoms. The number of ketones is 1. The minimum absolute atomic E-state index is 0.00826. The predicted molar refractivity (Wildman–Crippen MR) is 64.4 cm³/mol. The topological polar surface area (TPSA) is 20.3 Å². The molecule has 3 aliphatic rings. The molecule has 0 atom stereocenters. The number of hydrogen-bond donors (Lipinski definition) is 0. The summed E-state index contributed by atoms with van der Waals surface area (Å²) in [5.74, 6) is 0.591. The quantitative estimate of drug-likeness (QED) is 0.730. The minimum Gasteiger partial charge on any atom is -0.297 e. The number of piperidine rings is 1. The summed E-state index contributed by atoms with van der Waals surface area (Å²) in [7, 11) is 0. The van der Waals surface area contributed by atoms with Gasteiger partial charge in [-0.05, 0) is 58.0 Å². The van der Waals surface area contributed by atoms with Crippen LogP contribution in [0.2, 0.25) is 0 Å². The molecular formula is C14H23NO. The van der Waals surface area contributed by atoms with E-state index in [0.717, 1.165) is 25.7 Å². The van der Waals surface area contributed by atoms with E-state index in [0.29, 0.717) is 5.78 Å². The SMILES string of the molecule is CC1(C(=O)C2(N3CCCCC3)CCC2)CC1. The second-order valence-corrected chi connectivity index (χ2v) is 6.32. The zero-order chi connectivity index (χ0) is 11.2. The molecule has 3 rings (SSSR count). The Bertz CT molecular complexity index is 296. The number of carbonyl (C=O) groups excluding carboxylic acids is 1. The standard InChI is InChI=1S/C14H23NO/c1-13(8-9-13)12(16)14(6-5-7-14)15-10-3-2-4-11-15/h2-11H2,1H3. The van der Waals surface area contributed by atoms with E-state index in [1.165, 1.54) is 38.8 Å². The van der Waals surface area contributed by atoms with E-state index >= 15 is 0 Å². The summed E-state index contributed by atoms with van der Waals surface area (Å²) in [6, 6.07) is 0. The third-order valence-electron chi connectivity index (χ3n) is 5.11. The van der Waals surface area contributed by atoms with Gasteiger partial charge in [-0.2, -0.15) is 0 Å². The second-order valence-electron chi connectivity index (χ2n) is 6.32. The highest BCUT2D eigenvalue weighted by Gasteiger charge is 2.58. The van der Waals surface area contributed by atoms with Gasteiger partial charge in [0.05, 0.1) is 5.54 Å². The van der Waals surface area contributed by atoms with Crippen LogP contribution in [-0.4, -0.2) is 29.3 Å². The fraction of sp³-hybridized carbons (Fsp3) is 0.929. The fourth-order valence-electron chi connectivity index (χ4n) is 3.50. The normalized spacial score (nSPS) is 31.8. The van der Waals surface area contributed by atoms with Crippen LogP contribution < -0.4 is 0 Å². The van der Waals surface area contributed by atoms with Crippen molar-refractivity contribution in [3.05, 3.63) is 0 Å². The van der Waals surface area contributed by atoms with Crippen LogP contribution in [0.25, 0.3) is 0 Å². The summed E-state index contributed by atoms with van der Waals surface area (Å²) in [5, 5.41) is 0. The molecule has 2 nitrogen and oxygen atoms in total. The first kappa shape index (κ1) is 10.8. The van der Waals surface area contributed by atoms with Crippen LogP contribution in [0.1, 0.15) is 58.3 Å². The van der Waals surface area contributed by atoms with Gasteiger partial charge in [0.25, 0.3) is 0 Å². The van der Waals surface area contributed by atoms with Crippen molar-refractivity contribution in [1.29, 1.82) is 0 Å². The molecule has 0 spiro atoms. The molecule has 0 N–H and O–H groups in total. The van der Waals surface area contributed by atoms with Crippen LogP contribution in [0.15, 0.2) is 0 Å². The molecule has 1 aliphatic heterocycles. The van der Waals surface area contributed by atoms with Gasteiger partial charge >= 0.3 is 0 Å². The van der Waals surface area contributed by atoms with Crippen LogP contribution in [0, 0.1) is 5.41 Å². The Labute approximate surface area is 98.4 Å². The molecule has 0 aromatic carbocycles. The van der Waals surface area contributed by atoms with Crippen molar-refractivity contribution in [2.75, 3.05) is 13.1 Å². The molecule has 0 radical (unpaired) electrons. The van der Waals surface area contributed by atoms with Crippen LogP contribution in [0.5, 0.6) is 0 Å². The molecule has 0 aromatic heterocycles. The van der Waals surface area contributed by atoms with Crippen LogP contribution in [0.4, 0.5) is 0 Å². The lowest BCUT2D eigenvalue weighted by Crippen LogP contribution is -2.62. The van der Waals surface area contributed by atoms with Gasteiger partial charge < -0.3 is 0 Å². The van der Waals surface area contributed by atoms with E-state index in [2.05, 4.69) is 11.8 Å². The number of carbonyl (C=O) groups is 1. The molecule has 0 aromatic rings. The molecule has 2 aliphatic carbocycles. The van der Waals surface area contributed by atoms with Gasteiger partial charge in [-0.3, -0.25) is 9.69 Å². The Kier molecular flexibility index (Phi) is 2.39. The number of likely N-dealkylation sites (tertiary alicyclic amines) is 1. The second kappa shape index (κ2) is 3.56. The van der Waals surface area contributed by atoms with E-state index in [1.54, 1.807) is 0 Å². The molecule has 2 heteroatoms. The average molecular weight is 221 g/mol. The lowest BCUT2D eigenvalue weighted by Gasteiger charge is -2.51. The Morgan fingerprint density at radius 2 is 1.56 bits per heavy atom. The van der Waals surface area contributed by atoms with Gasteiger partial charge in [0, 0.05) is 5.41 Å². The zero-order valence-electron chi connectivity index (χ0n) is 10.4. The van der Waals surface area contributed by atoms with Crippen LogP contribution >= 0.6 is 0 Å². The summed E-state index contributed by atoms with van der Waals surface area (Å²) in [6.07, 6.45) is 9.78. The highest BCUT2D eigenvalue weighted by atomic mass is 16.1. The largest absolute Gasteiger partial charge is 0.297 e. The Balaban J connectivity index is 1.79. The molecular weight excluding hydrogens is 198 g/mol. The number of hydrogen-bond acceptors (Lipinski definition) is 2. The van der Waals surface area contributed by atoms with Crippen molar-refractivity contribution < 1.29 is 4.79 Å². The molecule has 90 valence electrons. The number of rotatable bonds is 3. The maximum absolute atomic E-state index is 12.7. The Morgan fingerprint density at radius 1 is 0.938 bits per heavy atom. The zero-order valence-corrected chi connectivity index (χ0v) is 10.4. The lowest BCUT2D eigenvalue weighted by molar-refractivity contribution is -0.143. The molecule has 3 fully saturated rings. The number of nitrogens with zero attached hydrogens (tertiary/aromatic N) is 1. The van der Waals surface area contributed by atoms with Gasteiger partial charge in [-0.25, -0.2) is 0 Å². The fourth-order valence-corrected chi connectivity index (χ4v) is 3.50. The lowest BCUT2D eigenvalue weighted by atomic mass is 9.67. The van der Waals surface area contributed by atoms with Gasteiger partial charge in [0.15, 0.2) is 5.78 Å². The van der Waals surface area contributed by atoms with Gasteiger partial charge in [0.1, 0.15) is 0 Å². The van der Waals surface area contributed by atoms with Crippen LogP contribution in [-0.2, 0) is 4.79 Å². The maximum atomic E-state index is 12.7. The summed E-state index contributed by atoms with van der Waals surface area (Å²) in [6.45, 7) is 4.52. The van der Waals surface area contributed by atoms with E-state index in [-0.39, 0.29) is 11.0 Å². The van der Waals surface area contributed by atoms with Crippen molar-refractivity contribution in [2.24, 2.45) is 5.41 Å².